The van der Waals surface area contributed by atoms with Crippen LogP contribution in [0.5, 0.6) is 0 Å². The van der Waals surface area contributed by atoms with Crippen LogP contribution in [0, 0.1) is 116 Å². The predicted octanol–water partition coefficient (Wildman–Crippen LogP) is 20.0. The van der Waals surface area contributed by atoms with Crippen LogP contribution >= 0.6 is 0 Å². The first-order valence-electron chi connectivity index (χ1n) is 40.6. The van der Waals surface area contributed by atoms with E-state index in [2.05, 4.69) is 317 Å². The summed E-state index contributed by atoms with van der Waals surface area (Å²) in [6.07, 6.45) is 46.7. The minimum atomic E-state index is -0.0900. The molecule has 10 nitrogen and oxygen atoms in total. The largest absolute Gasteiger partial charge is 2.00 e. The molecule has 17 heteroatoms. The van der Waals surface area contributed by atoms with Gasteiger partial charge in [-0.3, -0.25) is 9.80 Å². The number of ether oxygens (including phenoxy) is 1. The van der Waals surface area contributed by atoms with E-state index in [1.165, 1.54) is 129 Å². The van der Waals surface area contributed by atoms with Gasteiger partial charge in [0, 0.05) is 88.1 Å². The Morgan fingerprint density at radius 3 is 1.13 bits per heavy atom. The van der Waals surface area contributed by atoms with Crippen LogP contribution in [0.25, 0.3) is 0 Å². The van der Waals surface area contributed by atoms with E-state index in [-0.39, 0.29) is 147 Å². The number of unbranched alkanes of at least 4 members (excludes halogenated alkanes) is 2. The van der Waals surface area contributed by atoms with Gasteiger partial charge < -0.3 is 145 Å². The molecule has 2 atom stereocenters. The normalized spacial score (nSPS) is 23.2. The van der Waals surface area contributed by atoms with Gasteiger partial charge >= 0.3 is 111 Å². The summed E-state index contributed by atoms with van der Waals surface area (Å²) in [6, 6.07) is 0.500. The van der Waals surface area contributed by atoms with E-state index in [0.717, 1.165) is 115 Å². The first-order valence-corrected chi connectivity index (χ1v) is 40.6. The van der Waals surface area contributed by atoms with Crippen molar-refractivity contribution in [1.29, 1.82) is 0 Å². The zero-order chi connectivity index (χ0) is 76.1. The summed E-state index contributed by atoms with van der Waals surface area (Å²) in [4.78, 5) is 22.2. The van der Waals surface area contributed by atoms with Crippen molar-refractivity contribution in [2.45, 2.75) is 351 Å². The van der Waals surface area contributed by atoms with Crippen LogP contribution in [0.4, 0.5) is 0 Å². The Balaban J connectivity index is -0.000000266. The second kappa shape index (κ2) is 57.8. The number of likely N-dealkylation sites (tertiary alicyclic amines) is 7. The molecule has 107 heavy (non-hydrogen) atoms. The Hall–Kier alpha value is 3.69. The van der Waals surface area contributed by atoms with Gasteiger partial charge in [0.2, 0.25) is 0 Å². The Kier molecular flexibility index (Phi) is 65.7. The Bertz CT molecular complexity index is 2040. The number of hydrogen-bond acceptors (Lipinski definition) is 10. The number of rotatable bonds is 7. The van der Waals surface area contributed by atoms with Crippen molar-refractivity contribution in [3.05, 3.63) is 99.3 Å². The minimum absolute atomic E-state index is 0. The summed E-state index contributed by atoms with van der Waals surface area (Å²) >= 11 is 0. The van der Waals surface area contributed by atoms with Crippen LogP contribution in [0.2, 0.25) is 0 Å². The van der Waals surface area contributed by atoms with E-state index >= 15 is 0 Å². The van der Waals surface area contributed by atoms with Gasteiger partial charge in [-0.25, -0.2) is 44.9 Å². The van der Waals surface area contributed by atoms with Crippen LogP contribution in [0.15, 0.2) is 0 Å². The average Bonchev–Trinajstić information content (AvgIpc) is 1.46. The molecule has 8 heterocycles. The van der Waals surface area contributed by atoms with Crippen molar-refractivity contribution in [2.24, 2.45) is 16.7 Å². The van der Waals surface area contributed by atoms with Gasteiger partial charge in [0.1, 0.15) is 6.73 Å². The van der Waals surface area contributed by atoms with E-state index in [1.54, 1.807) is 0 Å². The van der Waals surface area contributed by atoms with Gasteiger partial charge in [-0.15, -0.1) is 64.9 Å². The Labute approximate surface area is 756 Å². The van der Waals surface area contributed by atoms with Crippen molar-refractivity contribution in [3.8, 4) is 0 Å². The molecule has 7 radical (unpaired) electrons. The van der Waals surface area contributed by atoms with E-state index in [0.29, 0.717) is 51.9 Å². The van der Waals surface area contributed by atoms with E-state index in [4.69, 9.17) is 4.74 Å². The molecule has 0 bridgehead atoms. The van der Waals surface area contributed by atoms with Crippen LogP contribution in [0.3, 0.4) is 0 Å². The monoisotopic (exact) mass is 1750 g/mol. The van der Waals surface area contributed by atoms with Gasteiger partial charge in [0.15, 0.2) is 0 Å². The van der Waals surface area contributed by atoms with Crippen LogP contribution in [0.1, 0.15) is 295 Å². The molecule has 2 saturated carbocycles. The zero-order valence-electron chi connectivity index (χ0n) is 74.8. The molecule has 2 unspecified atom stereocenters. The third-order valence-electron chi connectivity index (χ3n) is 22.7. The molecular weight excluding hydrogens is 1580 g/mol. The van der Waals surface area contributed by atoms with Crippen molar-refractivity contribution < 1.29 is 135 Å². The fraction of sp³-hybridized carbons (Fsp3) is 0.833. The molecule has 10 fully saturated rings. The smallest absolute Gasteiger partial charge is 0.364 e. The van der Waals surface area contributed by atoms with Crippen molar-refractivity contribution >= 4 is 0 Å². The number of piperidine rings is 3. The summed E-state index contributed by atoms with van der Waals surface area (Å²) in [5.41, 5.74) is 4.00. The molecule has 2 spiro atoms. The molecule has 0 amide bonds. The molecule has 0 aromatic heterocycles. The van der Waals surface area contributed by atoms with E-state index in [1.807, 2.05) is 0 Å². The minimum Gasteiger partial charge on any atom is -0.364 e. The first-order chi connectivity index (χ1) is 46.1. The second-order valence-corrected chi connectivity index (χ2v) is 39.6. The van der Waals surface area contributed by atoms with Gasteiger partial charge in [-0.05, 0) is 249 Å². The predicted molar refractivity (Wildman–Crippen MR) is 442 cm³/mol. The Morgan fingerprint density at radius 2 is 0.832 bits per heavy atom. The average molecular weight is 1750 g/mol. The standard InChI is InChI=1S/C11H21NO.C11H21N.C11H22N.3C10H19N.3C9H17N.7V/c1-6-11(7-2)8-12(9-13-11)10(3,4)5;1-11(2,3)12-9-7-5-4-6-8-10-12;1-6-8-9-10-12(7-2)11(3,4)5;1-9(2,3)11-7-10(8-11)5-4-6-10;1-9-6-5-7-11(8-9)10(2,3)4;1-10(2,3)11-8-6-4-5-7-9-11;1-10-7-5-9(6-8-10)3-2-4-9;1-8-6-5-7-10(8)9(2,3)4;1-9(2,3)10-7-5-4-6-8-10;;;;;;;/h1-2,6-9H2,3-5H3;5,8H,4,6-7,9-10H2,1-3H3;9H,1-2,6-8,10H2,3-5H3;4-8H2,1-3H3;5,9H,1,6-8H2,2-4H3;6-7H,4-5,8-9H2,1-3H3;2-8H2,1H3;5,8H,1,6-7H2,2-4H3;5-6H,4,7-8H2,1-3H3;;;;;;;/q2*-2;-3;;2*-2;;2*-2;;6*+2. The molecule has 10 rings (SSSR count). The van der Waals surface area contributed by atoms with Crippen molar-refractivity contribution in [2.75, 3.05) is 118 Å². The molecular formula is C90H172N9OV7-3. The molecule has 0 aromatic rings. The van der Waals surface area contributed by atoms with Crippen molar-refractivity contribution in [3.63, 3.8) is 0 Å². The molecule has 621 valence electrons. The van der Waals surface area contributed by atoms with Gasteiger partial charge in [-0.2, -0.15) is 31.6 Å². The molecule has 8 aliphatic heterocycles. The number of hydrogen-bond donors (Lipinski definition) is 0. The summed E-state index contributed by atoms with van der Waals surface area (Å²) in [6.45, 7) is 97.4. The fourth-order valence-corrected chi connectivity index (χ4v) is 14.2. The van der Waals surface area contributed by atoms with Crippen molar-refractivity contribution in [1.82, 2.24) is 44.1 Å². The SMILES string of the molecule is CC(C)(C)N1CC2(CCC2)C1.CC(C)(C)N1C[CH-]CC[CH-]C1.CC(C)(C)N1C[CH-]CC[CH-]CC1.CC(C)(C)N1C[CH-]C[CH-]C1.CN1CCC2(CCC2)CC1.[CH2-]C1C[CH-]CN(C(C)(C)C)C1.[CH2-]C1C[CH-]CN1C(C)(C)C.[CH2-]CC1(C[CH2-])CN(C(C)(C)C)CO1.[CH2-]CC[CH-]CN(C[CH2-])C(C)(C)C.[V+2].[V+2].[V+2].[V+2].[V+2].[V+2].[V]. The quantitative estimate of drug-likeness (QED) is 0.182. The Morgan fingerprint density at radius 1 is 0.430 bits per heavy atom. The second-order valence-electron chi connectivity index (χ2n) is 39.6. The molecule has 0 aromatic carbocycles. The summed E-state index contributed by atoms with van der Waals surface area (Å²) in [7, 11) is 2.24. The van der Waals surface area contributed by atoms with Crippen LogP contribution in [-0.2, 0) is 135 Å². The topological polar surface area (TPSA) is 38.4 Å². The summed E-state index contributed by atoms with van der Waals surface area (Å²) in [5, 5.41) is 0. The van der Waals surface area contributed by atoms with E-state index in [9.17, 15) is 0 Å². The van der Waals surface area contributed by atoms with E-state index < -0.39 is 0 Å². The molecule has 8 saturated heterocycles. The third-order valence-corrected chi connectivity index (χ3v) is 22.7. The number of nitrogens with zero attached hydrogens (tertiary/aromatic N) is 9. The fourth-order valence-electron chi connectivity index (χ4n) is 14.2. The summed E-state index contributed by atoms with van der Waals surface area (Å²) < 4.78 is 5.78. The molecule has 0 N–H and O–H groups in total. The maximum absolute atomic E-state index is 5.78. The maximum atomic E-state index is 5.78. The summed E-state index contributed by atoms with van der Waals surface area (Å²) in [5.74, 6) is 0.600. The molecule has 2 aliphatic carbocycles. The van der Waals surface area contributed by atoms with Crippen LogP contribution < -0.4 is 0 Å². The van der Waals surface area contributed by atoms with Gasteiger partial charge in [0.05, 0.1) is 0 Å². The van der Waals surface area contributed by atoms with Gasteiger partial charge in [0.25, 0.3) is 0 Å². The zero-order valence-corrected chi connectivity index (χ0v) is 84.6. The van der Waals surface area contributed by atoms with Crippen LogP contribution in [-0.4, -0.2) is 219 Å². The third kappa shape index (κ3) is 49.3. The van der Waals surface area contributed by atoms with Gasteiger partial charge in [-0.1, -0.05) is 12.8 Å². The first kappa shape index (κ1) is 122. The molecule has 10 aliphatic rings. The maximum Gasteiger partial charge on any atom is 2.00 e.